The van der Waals surface area contributed by atoms with Crippen LogP contribution in [0.5, 0.6) is 0 Å². The largest absolute Gasteiger partial charge is 0.450 e. The Bertz CT molecular complexity index is 451. The third-order valence-electron chi connectivity index (χ3n) is 3.59. The lowest BCUT2D eigenvalue weighted by molar-refractivity contribution is 0.0983. The molecule has 1 amide bonds. The summed E-state index contributed by atoms with van der Waals surface area (Å²) < 4.78 is 18.7. The molecule has 1 aliphatic heterocycles. The summed E-state index contributed by atoms with van der Waals surface area (Å²) in [5, 5.41) is 3.26. The van der Waals surface area contributed by atoms with Crippen molar-refractivity contribution in [2.45, 2.75) is 32.7 Å². The number of ether oxygens (including phenoxy) is 1. The normalized spacial score (nSPS) is 16.1. The number of hydrogen-bond acceptors (Lipinski definition) is 3. The lowest BCUT2D eigenvalue weighted by Crippen LogP contribution is -2.42. The fourth-order valence-electron chi connectivity index (χ4n) is 2.44. The number of piperidine rings is 1. The quantitative estimate of drug-likeness (QED) is 0.924. The molecule has 0 bridgehead atoms. The maximum absolute atomic E-state index is 13.8. The van der Waals surface area contributed by atoms with Gasteiger partial charge in [0.25, 0.3) is 0 Å². The third-order valence-corrected chi connectivity index (χ3v) is 3.59. The van der Waals surface area contributed by atoms with Crippen LogP contribution in [0.15, 0.2) is 18.2 Å². The van der Waals surface area contributed by atoms with Gasteiger partial charge in [-0.1, -0.05) is 12.1 Å². The fourth-order valence-corrected chi connectivity index (χ4v) is 2.44. The van der Waals surface area contributed by atoms with Crippen LogP contribution < -0.4 is 5.32 Å². The van der Waals surface area contributed by atoms with Gasteiger partial charge >= 0.3 is 6.09 Å². The minimum Gasteiger partial charge on any atom is -0.450 e. The molecular weight excluding hydrogens is 259 g/mol. The highest BCUT2D eigenvalue weighted by Crippen LogP contribution is 2.23. The van der Waals surface area contributed by atoms with E-state index in [2.05, 4.69) is 5.32 Å². The van der Waals surface area contributed by atoms with E-state index in [0.717, 1.165) is 18.4 Å². The highest BCUT2D eigenvalue weighted by Gasteiger charge is 2.24. The second kappa shape index (κ2) is 6.59. The maximum Gasteiger partial charge on any atom is 0.409 e. The molecule has 0 aliphatic carbocycles. The first-order valence-electron chi connectivity index (χ1n) is 7.05. The van der Waals surface area contributed by atoms with E-state index < -0.39 is 0 Å². The van der Waals surface area contributed by atoms with Gasteiger partial charge in [0.15, 0.2) is 0 Å². The number of carbonyl (C=O) groups is 1. The van der Waals surface area contributed by atoms with Crippen molar-refractivity contribution in [1.82, 2.24) is 4.90 Å². The SMILES string of the molecule is CCOC(=O)N1CCC(Nc2c(C)cccc2F)CC1. The molecule has 0 atom stereocenters. The smallest absolute Gasteiger partial charge is 0.409 e. The molecule has 1 aliphatic rings. The average molecular weight is 280 g/mol. The lowest BCUT2D eigenvalue weighted by Gasteiger charge is -2.32. The summed E-state index contributed by atoms with van der Waals surface area (Å²) >= 11 is 0. The number of para-hydroxylation sites is 1. The molecular formula is C15H21FN2O2. The topological polar surface area (TPSA) is 41.6 Å². The van der Waals surface area contributed by atoms with Crippen molar-refractivity contribution in [2.24, 2.45) is 0 Å². The van der Waals surface area contributed by atoms with Crippen LogP contribution in [0.3, 0.4) is 0 Å². The number of nitrogens with zero attached hydrogens (tertiary/aromatic N) is 1. The summed E-state index contributed by atoms with van der Waals surface area (Å²) in [5.74, 6) is -0.224. The van der Waals surface area contributed by atoms with Crippen molar-refractivity contribution in [3.05, 3.63) is 29.6 Å². The Morgan fingerprint density at radius 2 is 2.15 bits per heavy atom. The van der Waals surface area contributed by atoms with Crippen LogP contribution in [0, 0.1) is 12.7 Å². The van der Waals surface area contributed by atoms with E-state index in [-0.39, 0.29) is 18.0 Å². The number of anilines is 1. The van der Waals surface area contributed by atoms with Crippen LogP contribution in [0.2, 0.25) is 0 Å². The van der Waals surface area contributed by atoms with Crippen LogP contribution in [0.1, 0.15) is 25.3 Å². The Morgan fingerprint density at radius 3 is 2.75 bits per heavy atom. The van der Waals surface area contributed by atoms with E-state index in [0.29, 0.717) is 25.4 Å². The molecule has 5 heteroatoms. The molecule has 1 aromatic rings. The number of halogens is 1. The van der Waals surface area contributed by atoms with Crippen molar-refractivity contribution in [3.8, 4) is 0 Å². The average Bonchev–Trinajstić information content (AvgIpc) is 2.44. The van der Waals surface area contributed by atoms with Gasteiger partial charge < -0.3 is 15.0 Å². The van der Waals surface area contributed by atoms with E-state index in [1.165, 1.54) is 6.07 Å². The molecule has 0 unspecified atom stereocenters. The fraction of sp³-hybridized carbons (Fsp3) is 0.533. The van der Waals surface area contributed by atoms with Crippen molar-refractivity contribution in [1.29, 1.82) is 0 Å². The summed E-state index contributed by atoms with van der Waals surface area (Å²) in [4.78, 5) is 13.3. The number of aryl methyl sites for hydroxylation is 1. The molecule has 20 heavy (non-hydrogen) atoms. The molecule has 0 radical (unpaired) electrons. The Hall–Kier alpha value is -1.78. The molecule has 1 aromatic carbocycles. The van der Waals surface area contributed by atoms with Gasteiger partial charge in [-0.3, -0.25) is 0 Å². The Labute approximate surface area is 118 Å². The number of benzene rings is 1. The Kier molecular flexibility index (Phi) is 4.82. The predicted octanol–water partition coefficient (Wildman–Crippen LogP) is 3.17. The summed E-state index contributed by atoms with van der Waals surface area (Å²) in [5.41, 5.74) is 1.47. The summed E-state index contributed by atoms with van der Waals surface area (Å²) in [7, 11) is 0. The van der Waals surface area contributed by atoms with Gasteiger partial charge in [0, 0.05) is 19.1 Å². The molecule has 110 valence electrons. The molecule has 2 rings (SSSR count). The third kappa shape index (κ3) is 3.40. The number of nitrogens with one attached hydrogen (secondary N) is 1. The molecule has 1 heterocycles. The number of amides is 1. The monoisotopic (exact) mass is 280 g/mol. The second-order valence-corrected chi connectivity index (χ2v) is 5.04. The van der Waals surface area contributed by atoms with E-state index in [1.807, 2.05) is 13.0 Å². The summed E-state index contributed by atoms with van der Waals surface area (Å²) in [6.07, 6.45) is 1.34. The van der Waals surface area contributed by atoms with Crippen molar-refractivity contribution < 1.29 is 13.9 Å². The zero-order valence-electron chi connectivity index (χ0n) is 12.0. The van der Waals surface area contributed by atoms with Crippen molar-refractivity contribution >= 4 is 11.8 Å². The molecule has 1 saturated heterocycles. The number of rotatable bonds is 3. The van der Waals surface area contributed by atoms with Gasteiger partial charge in [-0.15, -0.1) is 0 Å². The lowest BCUT2D eigenvalue weighted by atomic mass is 10.0. The van der Waals surface area contributed by atoms with E-state index in [1.54, 1.807) is 17.9 Å². The van der Waals surface area contributed by atoms with Gasteiger partial charge in [-0.05, 0) is 38.3 Å². The number of carbonyl (C=O) groups excluding carboxylic acids is 1. The first-order chi connectivity index (χ1) is 9.61. The standard InChI is InChI=1S/C15H21FN2O2/c1-3-20-15(19)18-9-7-12(8-10-18)17-14-11(2)5-4-6-13(14)16/h4-6,12,17H,3,7-10H2,1-2H3. The summed E-state index contributed by atoms with van der Waals surface area (Å²) in [6.45, 7) is 5.37. The van der Waals surface area contributed by atoms with Gasteiger partial charge in [-0.2, -0.15) is 0 Å². The van der Waals surface area contributed by atoms with E-state index in [9.17, 15) is 9.18 Å². The van der Waals surface area contributed by atoms with Crippen LogP contribution in [0.4, 0.5) is 14.9 Å². The van der Waals surface area contributed by atoms with Gasteiger partial charge in [0.05, 0.1) is 12.3 Å². The van der Waals surface area contributed by atoms with Crippen molar-refractivity contribution in [2.75, 3.05) is 25.0 Å². The van der Waals surface area contributed by atoms with Crippen molar-refractivity contribution in [3.63, 3.8) is 0 Å². The van der Waals surface area contributed by atoms with Crippen LogP contribution in [0.25, 0.3) is 0 Å². The van der Waals surface area contributed by atoms with E-state index in [4.69, 9.17) is 4.74 Å². The first kappa shape index (κ1) is 14.6. The number of hydrogen-bond donors (Lipinski definition) is 1. The van der Waals surface area contributed by atoms with Gasteiger partial charge in [0.1, 0.15) is 5.82 Å². The first-order valence-corrected chi connectivity index (χ1v) is 7.05. The second-order valence-electron chi connectivity index (χ2n) is 5.04. The number of likely N-dealkylation sites (tertiary alicyclic amines) is 1. The Morgan fingerprint density at radius 1 is 1.45 bits per heavy atom. The minimum atomic E-state index is -0.256. The minimum absolute atomic E-state index is 0.191. The molecule has 1 N–H and O–H groups in total. The molecule has 4 nitrogen and oxygen atoms in total. The molecule has 0 aromatic heterocycles. The van der Waals surface area contributed by atoms with Gasteiger partial charge in [-0.25, -0.2) is 9.18 Å². The zero-order chi connectivity index (χ0) is 14.5. The molecule has 0 saturated carbocycles. The highest BCUT2D eigenvalue weighted by atomic mass is 19.1. The maximum atomic E-state index is 13.8. The van der Waals surface area contributed by atoms with Crippen LogP contribution in [-0.4, -0.2) is 36.7 Å². The zero-order valence-corrected chi connectivity index (χ0v) is 12.0. The van der Waals surface area contributed by atoms with Crippen LogP contribution >= 0.6 is 0 Å². The predicted molar refractivity (Wildman–Crippen MR) is 76.4 cm³/mol. The molecule has 0 spiro atoms. The molecule has 1 fully saturated rings. The Balaban J connectivity index is 1.90. The summed E-state index contributed by atoms with van der Waals surface area (Å²) in [6, 6.07) is 5.25. The highest BCUT2D eigenvalue weighted by molar-refractivity contribution is 5.67. The van der Waals surface area contributed by atoms with E-state index >= 15 is 0 Å². The van der Waals surface area contributed by atoms with Crippen LogP contribution in [-0.2, 0) is 4.74 Å². The van der Waals surface area contributed by atoms with Gasteiger partial charge in [0.2, 0.25) is 0 Å².